The minimum Gasteiger partial charge on any atom is -0.345 e. The van der Waals surface area contributed by atoms with Crippen molar-refractivity contribution in [2.24, 2.45) is 0 Å². The summed E-state index contributed by atoms with van der Waals surface area (Å²) >= 11 is 0. The maximum absolute atomic E-state index is 13.2. The van der Waals surface area contributed by atoms with E-state index in [1.807, 2.05) is 4.90 Å². The summed E-state index contributed by atoms with van der Waals surface area (Å²) in [5.74, 6) is 1.99. The SMILES string of the molecule is Cc1cc(C(=O)N2CCC[C@@H]2c2noc(C3CC3)n2)c(C)n1C1CC1. The van der Waals surface area contributed by atoms with Crippen LogP contribution in [-0.4, -0.2) is 32.1 Å². The van der Waals surface area contributed by atoms with Crippen LogP contribution in [0.2, 0.25) is 0 Å². The van der Waals surface area contributed by atoms with Crippen LogP contribution < -0.4 is 0 Å². The zero-order valence-electron chi connectivity index (χ0n) is 14.9. The number of carbonyl (C=O) groups is 1. The molecule has 1 aliphatic heterocycles. The molecule has 6 nitrogen and oxygen atoms in total. The standard InChI is InChI=1S/C19H24N4O2/c1-11-10-15(12(2)23(11)14-7-8-14)19(24)22-9-3-4-16(22)17-20-18(25-21-17)13-5-6-13/h10,13-14,16H,3-9H2,1-2H3/t16-/m1/s1. The first-order valence-electron chi connectivity index (χ1n) is 9.46. The second kappa shape index (κ2) is 5.44. The second-order valence-corrected chi connectivity index (χ2v) is 7.81. The molecule has 0 unspecified atom stereocenters. The molecule has 6 heteroatoms. The summed E-state index contributed by atoms with van der Waals surface area (Å²) in [5.41, 5.74) is 3.12. The highest BCUT2D eigenvalue weighted by molar-refractivity contribution is 5.96. The molecule has 0 aromatic carbocycles. The molecule has 3 aliphatic rings. The lowest BCUT2D eigenvalue weighted by atomic mass is 10.1. The average molecular weight is 340 g/mol. The molecule has 3 fully saturated rings. The van der Waals surface area contributed by atoms with Crippen molar-refractivity contribution in [2.45, 2.75) is 70.4 Å². The van der Waals surface area contributed by atoms with E-state index in [1.54, 1.807) is 0 Å². The number of aryl methyl sites for hydroxylation is 1. The molecule has 0 N–H and O–H groups in total. The van der Waals surface area contributed by atoms with E-state index < -0.39 is 0 Å². The smallest absolute Gasteiger partial charge is 0.256 e. The van der Waals surface area contributed by atoms with Gasteiger partial charge < -0.3 is 14.0 Å². The molecule has 0 spiro atoms. The fourth-order valence-corrected chi connectivity index (χ4v) is 4.20. The van der Waals surface area contributed by atoms with Gasteiger partial charge in [0.15, 0.2) is 5.82 Å². The zero-order chi connectivity index (χ0) is 17.1. The van der Waals surface area contributed by atoms with Crippen molar-refractivity contribution in [2.75, 3.05) is 6.54 Å². The monoisotopic (exact) mass is 340 g/mol. The van der Waals surface area contributed by atoms with Crippen LogP contribution in [0.15, 0.2) is 10.6 Å². The lowest BCUT2D eigenvalue weighted by Gasteiger charge is -2.22. The van der Waals surface area contributed by atoms with Crippen LogP contribution in [0.1, 0.15) is 90.0 Å². The normalized spacial score (nSPS) is 23.4. The number of amides is 1. The number of aromatic nitrogens is 3. The first kappa shape index (κ1) is 15.2. The van der Waals surface area contributed by atoms with E-state index in [9.17, 15) is 4.79 Å². The van der Waals surface area contributed by atoms with Gasteiger partial charge in [-0.3, -0.25) is 4.79 Å². The largest absolute Gasteiger partial charge is 0.345 e. The van der Waals surface area contributed by atoms with Gasteiger partial charge in [-0.05, 0) is 58.4 Å². The van der Waals surface area contributed by atoms with Gasteiger partial charge in [-0.25, -0.2) is 0 Å². The first-order chi connectivity index (χ1) is 12.1. The molecule has 2 saturated carbocycles. The van der Waals surface area contributed by atoms with Crippen molar-refractivity contribution in [1.29, 1.82) is 0 Å². The highest BCUT2D eigenvalue weighted by Gasteiger charge is 2.38. The third-order valence-electron chi connectivity index (χ3n) is 5.82. The summed E-state index contributed by atoms with van der Waals surface area (Å²) in [4.78, 5) is 19.8. The Morgan fingerprint density at radius 2 is 2.00 bits per heavy atom. The molecular weight excluding hydrogens is 316 g/mol. The Hall–Kier alpha value is -2.11. The van der Waals surface area contributed by atoms with Crippen LogP contribution in [-0.2, 0) is 0 Å². The van der Waals surface area contributed by atoms with Crippen LogP contribution in [0.3, 0.4) is 0 Å². The number of hydrogen-bond donors (Lipinski definition) is 0. The fourth-order valence-electron chi connectivity index (χ4n) is 4.20. The number of hydrogen-bond acceptors (Lipinski definition) is 4. The third-order valence-corrected chi connectivity index (χ3v) is 5.82. The summed E-state index contributed by atoms with van der Waals surface area (Å²) in [7, 11) is 0. The lowest BCUT2D eigenvalue weighted by molar-refractivity contribution is 0.0727. The molecule has 132 valence electrons. The average Bonchev–Trinajstić information content (AvgIpc) is 3.49. The molecule has 0 bridgehead atoms. The van der Waals surface area contributed by atoms with Gasteiger partial charge in [0, 0.05) is 29.9 Å². The third kappa shape index (κ3) is 2.50. The van der Waals surface area contributed by atoms with Crippen molar-refractivity contribution in [3.63, 3.8) is 0 Å². The quantitative estimate of drug-likeness (QED) is 0.852. The Balaban J connectivity index is 1.43. The van der Waals surface area contributed by atoms with E-state index in [1.165, 1.54) is 18.5 Å². The van der Waals surface area contributed by atoms with Crippen LogP contribution >= 0.6 is 0 Å². The fraction of sp³-hybridized carbons (Fsp3) is 0.632. The Morgan fingerprint density at radius 3 is 2.72 bits per heavy atom. The van der Waals surface area contributed by atoms with Crippen molar-refractivity contribution in [1.82, 2.24) is 19.6 Å². The molecule has 1 saturated heterocycles. The molecule has 2 aliphatic carbocycles. The number of nitrogens with zero attached hydrogens (tertiary/aromatic N) is 4. The van der Waals surface area contributed by atoms with Gasteiger partial charge in [-0.1, -0.05) is 5.16 Å². The molecule has 2 aromatic rings. The second-order valence-electron chi connectivity index (χ2n) is 7.81. The highest BCUT2D eigenvalue weighted by atomic mass is 16.5. The maximum atomic E-state index is 13.2. The minimum absolute atomic E-state index is 0.0484. The van der Waals surface area contributed by atoms with Gasteiger partial charge >= 0.3 is 0 Å². The van der Waals surface area contributed by atoms with E-state index in [-0.39, 0.29) is 11.9 Å². The van der Waals surface area contributed by atoms with Crippen molar-refractivity contribution in [3.8, 4) is 0 Å². The summed E-state index contributed by atoms with van der Waals surface area (Å²) in [6.45, 7) is 4.94. The van der Waals surface area contributed by atoms with Crippen molar-refractivity contribution >= 4 is 5.91 Å². The molecule has 1 atom stereocenters. The van der Waals surface area contributed by atoms with Gasteiger partial charge in [-0.15, -0.1) is 0 Å². The molecule has 0 radical (unpaired) electrons. The Bertz CT molecular complexity index is 829. The first-order valence-corrected chi connectivity index (χ1v) is 9.46. The van der Waals surface area contributed by atoms with Gasteiger partial charge in [0.1, 0.15) is 0 Å². The predicted molar refractivity (Wildman–Crippen MR) is 91.5 cm³/mol. The Morgan fingerprint density at radius 1 is 1.20 bits per heavy atom. The van der Waals surface area contributed by atoms with Crippen molar-refractivity contribution in [3.05, 3.63) is 34.7 Å². The van der Waals surface area contributed by atoms with Crippen molar-refractivity contribution < 1.29 is 9.32 Å². The van der Waals surface area contributed by atoms with Gasteiger partial charge in [0.25, 0.3) is 5.91 Å². The van der Waals surface area contributed by atoms with Gasteiger partial charge in [0.05, 0.1) is 11.6 Å². The highest BCUT2D eigenvalue weighted by Crippen LogP contribution is 2.41. The van der Waals surface area contributed by atoms with Crippen LogP contribution in [0.4, 0.5) is 0 Å². The Kier molecular flexibility index (Phi) is 3.30. The van der Waals surface area contributed by atoms with Crippen LogP contribution in [0, 0.1) is 13.8 Å². The minimum atomic E-state index is -0.0484. The summed E-state index contributed by atoms with van der Waals surface area (Å²) in [5, 5.41) is 4.18. The number of carbonyl (C=O) groups excluding carboxylic acids is 1. The predicted octanol–water partition coefficient (Wildman–Crippen LogP) is 3.68. The summed E-state index contributed by atoms with van der Waals surface area (Å²) in [6.07, 6.45) is 6.64. The van der Waals surface area contributed by atoms with E-state index in [0.717, 1.165) is 49.4 Å². The van der Waals surface area contributed by atoms with E-state index in [2.05, 4.69) is 34.6 Å². The lowest BCUT2D eigenvalue weighted by Crippen LogP contribution is -2.31. The molecule has 3 heterocycles. The van der Waals surface area contributed by atoms with Gasteiger partial charge in [-0.2, -0.15) is 4.98 Å². The number of likely N-dealkylation sites (tertiary alicyclic amines) is 1. The van der Waals surface area contributed by atoms with Crippen LogP contribution in [0.5, 0.6) is 0 Å². The van der Waals surface area contributed by atoms with Gasteiger partial charge in [0.2, 0.25) is 5.89 Å². The summed E-state index contributed by atoms with van der Waals surface area (Å²) < 4.78 is 7.75. The van der Waals surface area contributed by atoms with E-state index >= 15 is 0 Å². The van der Waals surface area contributed by atoms with E-state index in [4.69, 9.17) is 4.52 Å². The molecule has 2 aromatic heterocycles. The van der Waals surface area contributed by atoms with E-state index in [0.29, 0.717) is 17.8 Å². The molecule has 1 amide bonds. The topological polar surface area (TPSA) is 64.2 Å². The number of rotatable bonds is 4. The summed E-state index contributed by atoms with van der Waals surface area (Å²) in [6, 6.07) is 2.60. The molecule has 25 heavy (non-hydrogen) atoms. The molecule has 5 rings (SSSR count). The van der Waals surface area contributed by atoms with Crippen LogP contribution in [0.25, 0.3) is 0 Å². The molecular formula is C19H24N4O2. The Labute approximate surface area is 147 Å². The zero-order valence-corrected chi connectivity index (χ0v) is 14.9. The maximum Gasteiger partial charge on any atom is 0.256 e.